The number of halogens is 2. The fourth-order valence-corrected chi connectivity index (χ4v) is 3.01. The first kappa shape index (κ1) is 18.6. The van der Waals surface area contributed by atoms with Gasteiger partial charge in [0.2, 0.25) is 0 Å². The summed E-state index contributed by atoms with van der Waals surface area (Å²) >= 11 is 0. The first-order chi connectivity index (χ1) is 11.2. The molecule has 1 aromatic rings. The number of piperidine rings is 1. The van der Waals surface area contributed by atoms with Crippen molar-refractivity contribution in [2.75, 3.05) is 19.6 Å². The van der Waals surface area contributed by atoms with Gasteiger partial charge in [0.25, 0.3) is 0 Å². The molecule has 4 nitrogen and oxygen atoms in total. The van der Waals surface area contributed by atoms with Gasteiger partial charge in [0.15, 0.2) is 0 Å². The fourth-order valence-electron chi connectivity index (χ4n) is 3.01. The van der Waals surface area contributed by atoms with Crippen molar-refractivity contribution in [2.45, 2.75) is 45.4 Å². The van der Waals surface area contributed by atoms with E-state index in [1.807, 2.05) is 20.8 Å². The zero-order chi connectivity index (χ0) is 18.0. The molecule has 24 heavy (non-hydrogen) atoms. The Labute approximate surface area is 142 Å². The molecule has 1 unspecified atom stereocenters. The molecule has 2 rings (SSSR count). The average molecular weight is 340 g/mol. The van der Waals surface area contributed by atoms with E-state index in [9.17, 15) is 9.18 Å². The number of ether oxygens (including phenoxy) is 1. The van der Waals surface area contributed by atoms with E-state index in [1.165, 1.54) is 24.3 Å². The first-order valence-corrected chi connectivity index (χ1v) is 8.24. The summed E-state index contributed by atoms with van der Waals surface area (Å²) in [5, 5.41) is 0. The largest absolute Gasteiger partial charge is 0.444 e. The SMILES string of the molecule is CC(C)(C)OC(=O)N1CCC(CN)(C(F)c2ccc(F)cc2)CC1. The Morgan fingerprint density at radius 2 is 1.83 bits per heavy atom. The smallest absolute Gasteiger partial charge is 0.410 e. The summed E-state index contributed by atoms with van der Waals surface area (Å²) in [6.07, 6.45) is -0.781. The minimum Gasteiger partial charge on any atom is -0.444 e. The Bertz CT molecular complexity index is 561. The van der Waals surface area contributed by atoms with Gasteiger partial charge in [0.05, 0.1) is 0 Å². The lowest BCUT2D eigenvalue weighted by Crippen LogP contribution is -2.49. The van der Waals surface area contributed by atoms with Crippen LogP contribution in [0.25, 0.3) is 0 Å². The van der Waals surface area contributed by atoms with Gasteiger partial charge in [0.1, 0.15) is 17.6 Å². The van der Waals surface area contributed by atoms with E-state index in [2.05, 4.69) is 0 Å². The normalized spacial score (nSPS) is 19.0. The molecular formula is C18H26F2N2O2. The van der Waals surface area contributed by atoms with Crippen molar-refractivity contribution in [3.8, 4) is 0 Å². The van der Waals surface area contributed by atoms with Gasteiger partial charge in [0, 0.05) is 25.0 Å². The van der Waals surface area contributed by atoms with Crippen LogP contribution in [0.2, 0.25) is 0 Å². The Morgan fingerprint density at radius 3 is 2.29 bits per heavy atom. The molecule has 1 atom stereocenters. The molecule has 1 saturated heterocycles. The van der Waals surface area contributed by atoms with Gasteiger partial charge in [-0.25, -0.2) is 13.6 Å². The van der Waals surface area contributed by atoms with Crippen LogP contribution >= 0.6 is 0 Å². The van der Waals surface area contributed by atoms with Gasteiger partial charge in [-0.3, -0.25) is 0 Å². The molecule has 6 heteroatoms. The number of nitrogens with two attached hydrogens (primary N) is 1. The quantitative estimate of drug-likeness (QED) is 0.910. The highest BCUT2D eigenvalue weighted by atomic mass is 19.1. The van der Waals surface area contributed by atoms with Gasteiger partial charge in [-0.1, -0.05) is 12.1 Å². The van der Waals surface area contributed by atoms with E-state index in [1.54, 1.807) is 4.90 Å². The van der Waals surface area contributed by atoms with Crippen LogP contribution < -0.4 is 5.73 Å². The van der Waals surface area contributed by atoms with Crippen molar-refractivity contribution in [1.82, 2.24) is 4.90 Å². The summed E-state index contributed by atoms with van der Waals surface area (Å²) in [5.41, 5.74) is 5.01. The zero-order valence-electron chi connectivity index (χ0n) is 14.5. The summed E-state index contributed by atoms with van der Waals surface area (Å²) < 4.78 is 33.5. The molecule has 1 amide bonds. The first-order valence-electron chi connectivity index (χ1n) is 8.24. The Kier molecular flexibility index (Phi) is 5.48. The molecule has 1 heterocycles. The number of nitrogens with zero attached hydrogens (tertiary/aromatic N) is 1. The lowest BCUT2D eigenvalue weighted by atomic mass is 9.72. The van der Waals surface area contributed by atoms with Gasteiger partial charge in [-0.05, 0) is 51.3 Å². The van der Waals surface area contributed by atoms with E-state index >= 15 is 4.39 Å². The lowest BCUT2D eigenvalue weighted by molar-refractivity contribution is -0.00509. The predicted molar refractivity (Wildman–Crippen MR) is 88.8 cm³/mol. The van der Waals surface area contributed by atoms with Crippen molar-refractivity contribution < 1.29 is 18.3 Å². The molecule has 1 aromatic carbocycles. The van der Waals surface area contributed by atoms with Gasteiger partial charge in [-0.2, -0.15) is 0 Å². The molecule has 0 bridgehead atoms. The number of carbonyl (C=O) groups is 1. The standard InChI is InChI=1S/C18H26F2N2O2/c1-17(2,3)24-16(23)22-10-8-18(12-21,9-11-22)15(20)13-4-6-14(19)7-5-13/h4-7,15H,8-12,21H2,1-3H3. The van der Waals surface area contributed by atoms with Crippen LogP contribution in [0.3, 0.4) is 0 Å². The van der Waals surface area contributed by atoms with E-state index in [0.717, 1.165) is 0 Å². The molecule has 1 aliphatic rings. The zero-order valence-corrected chi connectivity index (χ0v) is 14.5. The molecule has 2 N–H and O–H groups in total. The maximum Gasteiger partial charge on any atom is 0.410 e. The molecular weight excluding hydrogens is 314 g/mol. The highest BCUT2D eigenvalue weighted by Gasteiger charge is 2.43. The van der Waals surface area contributed by atoms with Gasteiger partial charge < -0.3 is 15.4 Å². The predicted octanol–water partition coefficient (Wildman–Crippen LogP) is 3.81. The number of hydrogen-bond donors (Lipinski definition) is 1. The molecule has 0 spiro atoms. The van der Waals surface area contributed by atoms with Crippen molar-refractivity contribution in [1.29, 1.82) is 0 Å². The topological polar surface area (TPSA) is 55.6 Å². The Balaban J connectivity index is 2.05. The van der Waals surface area contributed by atoms with Crippen LogP contribution in [-0.4, -0.2) is 36.2 Å². The molecule has 0 aromatic heterocycles. The summed E-state index contributed by atoms with van der Waals surface area (Å²) in [5.74, 6) is -0.396. The van der Waals surface area contributed by atoms with Crippen molar-refractivity contribution in [3.63, 3.8) is 0 Å². The van der Waals surface area contributed by atoms with Crippen LogP contribution in [0.15, 0.2) is 24.3 Å². The lowest BCUT2D eigenvalue weighted by Gasteiger charge is -2.43. The number of benzene rings is 1. The third-order valence-electron chi connectivity index (χ3n) is 4.52. The maximum absolute atomic E-state index is 15.1. The monoisotopic (exact) mass is 340 g/mol. The minimum atomic E-state index is -1.29. The van der Waals surface area contributed by atoms with Crippen LogP contribution in [0.5, 0.6) is 0 Å². The number of alkyl halides is 1. The summed E-state index contributed by atoms with van der Waals surface area (Å²) in [4.78, 5) is 13.7. The van der Waals surface area contributed by atoms with Crippen LogP contribution in [-0.2, 0) is 4.74 Å². The maximum atomic E-state index is 15.1. The second-order valence-electron chi connectivity index (χ2n) is 7.45. The highest BCUT2D eigenvalue weighted by Crippen LogP contribution is 2.44. The average Bonchev–Trinajstić information content (AvgIpc) is 2.53. The van der Waals surface area contributed by atoms with E-state index in [0.29, 0.717) is 31.5 Å². The molecule has 1 fully saturated rings. The van der Waals surface area contributed by atoms with Gasteiger partial charge >= 0.3 is 6.09 Å². The second-order valence-corrected chi connectivity index (χ2v) is 7.45. The number of hydrogen-bond acceptors (Lipinski definition) is 3. The van der Waals surface area contributed by atoms with Gasteiger partial charge in [-0.15, -0.1) is 0 Å². The molecule has 0 radical (unpaired) electrons. The summed E-state index contributed by atoms with van der Waals surface area (Å²) in [7, 11) is 0. The number of amides is 1. The summed E-state index contributed by atoms with van der Waals surface area (Å²) in [6.45, 7) is 6.40. The Morgan fingerprint density at radius 1 is 1.29 bits per heavy atom. The minimum absolute atomic E-state index is 0.174. The van der Waals surface area contributed by atoms with E-state index < -0.39 is 23.0 Å². The molecule has 0 saturated carbocycles. The van der Waals surface area contributed by atoms with Crippen LogP contribution in [0.4, 0.5) is 13.6 Å². The Hall–Kier alpha value is -1.69. The number of likely N-dealkylation sites (tertiary alicyclic amines) is 1. The number of rotatable bonds is 3. The highest BCUT2D eigenvalue weighted by molar-refractivity contribution is 5.68. The molecule has 134 valence electrons. The fraction of sp³-hybridized carbons (Fsp3) is 0.611. The van der Waals surface area contributed by atoms with Crippen LogP contribution in [0, 0.1) is 11.2 Å². The van der Waals surface area contributed by atoms with Crippen molar-refractivity contribution >= 4 is 6.09 Å². The third-order valence-corrected chi connectivity index (χ3v) is 4.52. The molecule has 0 aliphatic carbocycles. The van der Waals surface area contributed by atoms with Crippen LogP contribution in [0.1, 0.15) is 45.3 Å². The van der Waals surface area contributed by atoms with E-state index in [-0.39, 0.29) is 12.6 Å². The second kappa shape index (κ2) is 7.05. The van der Waals surface area contributed by atoms with E-state index in [4.69, 9.17) is 10.5 Å². The van der Waals surface area contributed by atoms with Crippen molar-refractivity contribution in [3.05, 3.63) is 35.6 Å². The third kappa shape index (κ3) is 4.23. The molecule has 1 aliphatic heterocycles. The van der Waals surface area contributed by atoms with Crippen molar-refractivity contribution in [2.24, 2.45) is 11.1 Å². The number of carbonyl (C=O) groups excluding carboxylic acids is 1. The summed E-state index contributed by atoms with van der Waals surface area (Å²) in [6, 6.07) is 5.42.